The van der Waals surface area contributed by atoms with Crippen LogP contribution in [0.15, 0.2) is 24.0 Å². The predicted octanol–water partition coefficient (Wildman–Crippen LogP) is 2.05. The minimum atomic E-state index is -0.281. The van der Waals surface area contributed by atoms with E-state index in [0.29, 0.717) is 12.4 Å². The highest BCUT2D eigenvalue weighted by molar-refractivity contribution is 5.72. The van der Waals surface area contributed by atoms with Gasteiger partial charge in [0.1, 0.15) is 12.2 Å². The number of esters is 1. The molecule has 0 spiro atoms. The van der Waals surface area contributed by atoms with Crippen LogP contribution in [0.3, 0.4) is 0 Å². The van der Waals surface area contributed by atoms with Crippen LogP contribution in [0.25, 0.3) is 0 Å². The van der Waals surface area contributed by atoms with Gasteiger partial charge in [0.15, 0.2) is 0 Å². The Hall–Kier alpha value is -1.25. The number of ether oxygens (including phenoxy) is 2. The molecule has 0 heterocycles. The van der Waals surface area contributed by atoms with Crippen LogP contribution in [-0.4, -0.2) is 19.7 Å². The molecule has 0 aromatic carbocycles. The summed E-state index contributed by atoms with van der Waals surface area (Å²) in [5, 5.41) is 0. The number of carbonyl (C=O) groups is 1. The second-order valence-electron chi connectivity index (χ2n) is 2.64. The second-order valence-corrected chi connectivity index (χ2v) is 2.64. The van der Waals surface area contributed by atoms with Crippen LogP contribution >= 0.6 is 0 Å². The molecular formula is C10H16O3. The van der Waals surface area contributed by atoms with E-state index < -0.39 is 0 Å². The third kappa shape index (κ3) is 5.96. The van der Waals surface area contributed by atoms with Gasteiger partial charge in [-0.3, -0.25) is 4.79 Å². The van der Waals surface area contributed by atoms with Gasteiger partial charge in [0.2, 0.25) is 0 Å². The summed E-state index contributed by atoms with van der Waals surface area (Å²) < 4.78 is 9.74. The molecule has 0 fully saturated rings. The second kappa shape index (κ2) is 6.29. The highest BCUT2D eigenvalue weighted by Crippen LogP contribution is 2.06. The van der Waals surface area contributed by atoms with Crippen molar-refractivity contribution in [3.63, 3.8) is 0 Å². The van der Waals surface area contributed by atoms with Crippen molar-refractivity contribution in [3.05, 3.63) is 24.0 Å². The molecule has 3 heteroatoms. The summed E-state index contributed by atoms with van der Waals surface area (Å²) in [6.07, 6.45) is 1.88. The number of hydrogen-bond donors (Lipinski definition) is 0. The van der Waals surface area contributed by atoms with Crippen LogP contribution < -0.4 is 0 Å². The van der Waals surface area contributed by atoms with E-state index in [1.54, 1.807) is 13.0 Å². The van der Waals surface area contributed by atoms with Gasteiger partial charge in [-0.05, 0) is 19.9 Å². The summed E-state index contributed by atoms with van der Waals surface area (Å²) in [7, 11) is 1.52. The maximum atomic E-state index is 11.0. The summed E-state index contributed by atoms with van der Waals surface area (Å²) in [5.74, 6) is 0.294. The Morgan fingerprint density at radius 3 is 2.54 bits per heavy atom. The average molecular weight is 184 g/mol. The molecule has 0 amide bonds. The number of allylic oxidation sites excluding steroid dienone is 2. The minimum Gasteiger partial charge on any atom is -0.500 e. The first kappa shape index (κ1) is 11.8. The lowest BCUT2D eigenvalue weighted by Gasteiger charge is -2.05. The summed E-state index contributed by atoms with van der Waals surface area (Å²) in [6.45, 7) is 7.69. The van der Waals surface area contributed by atoms with E-state index in [-0.39, 0.29) is 12.4 Å². The Kier molecular flexibility index (Phi) is 5.68. The molecule has 0 aromatic rings. The van der Waals surface area contributed by atoms with Gasteiger partial charge < -0.3 is 9.47 Å². The van der Waals surface area contributed by atoms with Gasteiger partial charge in [0.25, 0.3) is 0 Å². The SMILES string of the molecule is C=C(C)/C=C(/CC(=O)OCC)OC. The predicted molar refractivity (Wildman–Crippen MR) is 51.2 cm³/mol. The molecule has 0 bridgehead atoms. The highest BCUT2D eigenvalue weighted by atomic mass is 16.5. The van der Waals surface area contributed by atoms with Gasteiger partial charge in [0.05, 0.1) is 13.7 Å². The zero-order valence-electron chi connectivity index (χ0n) is 8.42. The van der Waals surface area contributed by atoms with E-state index in [0.717, 1.165) is 5.57 Å². The van der Waals surface area contributed by atoms with Crippen LogP contribution in [0, 0.1) is 0 Å². The lowest BCUT2D eigenvalue weighted by molar-refractivity contribution is -0.142. The summed E-state index contributed by atoms with van der Waals surface area (Å²) in [4.78, 5) is 11.0. The number of rotatable bonds is 5. The summed E-state index contributed by atoms with van der Waals surface area (Å²) in [5.41, 5.74) is 0.848. The fraction of sp³-hybridized carbons (Fsp3) is 0.500. The van der Waals surface area contributed by atoms with Crippen LogP contribution in [0.5, 0.6) is 0 Å². The third-order valence-electron chi connectivity index (χ3n) is 1.29. The van der Waals surface area contributed by atoms with Crippen molar-refractivity contribution < 1.29 is 14.3 Å². The molecule has 13 heavy (non-hydrogen) atoms. The molecule has 0 saturated heterocycles. The fourth-order valence-electron chi connectivity index (χ4n) is 0.811. The van der Waals surface area contributed by atoms with Gasteiger partial charge in [-0.1, -0.05) is 12.2 Å². The molecule has 0 aliphatic carbocycles. The molecular weight excluding hydrogens is 168 g/mol. The molecule has 74 valence electrons. The fourth-order valence-corrected chi connectivity index (χ4v) is 0.811. The lowest BCUT2D eigenvalue weighted by atomic mass is 10.2. The van der Waals surface area contributed by atoms with Gasteiger partial charge in [0, 0.05) is 0 Å². The quantitative estimate of drug-likeness (QED) is 0.372. The first-order valence-electron chi connectivity index (χ1n) is 4.15. The van der Waals surface area contributed by atoms with E-state index in [1.165, 1.54) is 7.11 Å². The topological polar surface area (TPSA) is 35.5 Å². The van der Waals surface area contributed by atoms with Crippen molar-refractivity contribution in [3.8, 4) is 0 Å². The van der Waals surface area contributed by atoms with E-state index >= 15 is 0 Å². The normalized spacial score (nSPS) is 10.8. The van der Waals surface area contributed by atoms with Crippen LogP contribution in [0.4, 0.5) is 0 Å². The molecule has 0 aliphatic heterocycles. The number of methoxy groups -OCH3 is 1. The maximum Gasteiger partial charge on any atom is 0.313 e. The Morgan fingerprint density at radius 2 is 2.15 bits per heavy atom. The van der Waals surface area contributed by atoms with Gasteiger partial charge in [-0.15, -0.1) is 0 Å². The first-order chi connectivity index (χ1) is 6.10. The largest absolute Gasteiger partial charge is 0.500 e. The van der Waals surface area contributed by atoms with Crippen molar-refractivity contribution in [1.82, 2.24) is 0 Å². The van der Waals surface area contributed by atoms with Crippen molar-refractivity contribution in [1.29, 1.82) is 0 Å². The van der Waals surface area contributed by atoms with Gasteiger partial charge in [-0.2, -0.15) is 0 Å². The standard InChI is InChI=1S/C10H16O3/c1-5-13-10(11)7-9(12-4)6-8(2)3/h6H,2,5,7H2,1,3-4H3/b9-6-. The van der Waals surface area contributed by atoms with Crippen LogP contribution in [-0.2, 0) is 14.3 Å². The number of carbonyl (C=O) groups excluding carboxylic acids is 1. The summed E-state index contributed by atoms with van der Waals surface area (Å²) >= 11 is 0. The Bertz CT molecular complexity index is 216. The van der Waals surface area contributed by atoms with Gasteiger partial charge >= 0.3 is 5.97 Å². The average Bonchev–Trinajstić information content (AvgIpc) is 2.02. The molecule has 0 saturated carbocycles. The molecule has 0 aromatic heterocycles. The first-order valence-corrected chi connectivity index (χ1v) is 4.15. The highest BCUT2D eigenvalue weighted by Gasteiger charge is 2.06. The monoisotopic (exact) mass is 184 g/mol. The smallest absolute Gasteiger partial charge is 0.313 e. The van der Waals surface area contributed by atoms with Crippen molar-refractivity contribution in [2.24, 2.45) is 0 Å². The van der Waals surface area contributed by atoms with Crippen LogP contribution in [0.1, 0.15) is 20.3 Å². The summed E-state index contributed by atoms with van der Waals surface area (Å²) in [6, 6.07) is 0. The van der Waals surface area contributed by atoms with Crippen molar-refractivity contribution in [2.45, 2.75) is 20.3 Å². The van der Waals surface area contributed by atoms with E-state index in [4.69, 9.17) is 9.47 Å². The van der Waals surface area contributed by atoms with Crippen molar-refractivity contribution >= 4 is 5.97 Å². The molecule has 0 aliphatic rings. The third-order valence-corrected chi connectivity index (χ3v) is 1.29. The molecule has 3 nitrogen and oxygen atoms in total. The molecule has 0 radical (unpaired) electrons. The molecule has 0 atom stereocenters. The zero-order chi connectivity index (χ0) is 10.3. The van der Waals surface area contributed by atoms with E-state index in [1.807, 2.05) is 6.92 Å². The van der Waals surface area contributed by atoms with E-state index in [9.17, 15) is 4.79 Å². The zero-order valence-corrected chi connectivity index (χ0v) is 8.42. The minimum absolute atomic E-state index is 0.164. The van der Waals surface area contributed by atoms with Gasteiger partial charge in [-0.25, -0.2) is 0 Å². The molecule has 0 rings (SSSR count). The van der Waals surface area contributed by atoms with E-state index in [2.05, 4.69) is 6.58 Å². The molecule has 0 N–H and O–H groups in total. The Labute approximate surface area is 79.0 Å². The molecule has 0 unspecified atom stereocenters. The maximum absolute atomic E-state index is 11.0. The van der Waals surface area contributed by atoms with Crippen LogP contribution in [0.2, 0.25) is 0 Å². The van der Waals surface area contributed by atoms with Crippen molar-refractivity contribution in [2.75, 3.05) is 13.7 Å². The lowest BCUT2D eigenvalue weighted by Crippen LogP contribution is -2.06. The number of hydrogen-bond acceptors (Lipinski definition) is 3. The Morgan fingerprint density at radius 1 is 1.54 bits per heavy atom. The Balaban J connectivity index is 4.13.